The Kier molecular flexibility index (Phi) is 5.22. The lowest BCUT2D eigenvalue weighted by atomic mass is 10.0. The van der Waals surface area contributed by atoms with E-state index in [1.807, 2.05) is 0 Å². The Labute approximate surface area is 115 Å². The third-order valence-electron chi connectivity index (χ3n) is 2.55. The fraction of sp³-hybridized carbons (Fsp3) is 0.308. The zero-order valence-corrected chi connectivity index (χ0v) is 11.1. The standard InChI is InChI=1S/C13H15NO6/c1-18-10(15)13(14,11(16)19-2)12(17)20-8-9-6-4-3-5-7-9/h3-7H,8,14H2,1-2H3. The zero-order valence-electron chi connectivity index (χ0n) is 11.1. The lowest BCUT2D eigenvalue weighted by molar-refractivity contribution is -0.173. The van der Waals surface area contributed by atoms with Gasteiger partial charge in [-0.1, -0.05) is 30.3 Å². The first kappa shape index (κ1) is 15.6. The minimum atomic E-state index is -2.63. The second-order valence-corrected chi connectivity index (χ2v) is 3.85. The number of rotatable bonds is 5. The number of carbonyl (C=O) groups excluding carboxylic acids is 3. The number of benzene rings is 1. The van der Waals surface area contributed by atoms with Crippen LogP contribution in [0.1, 0.15) is 5.56 Å². The quantitative estimate of drug-likeness (QED) is 0.451. The zero-order chi connectivity index (χ0) is 15.2. The minimum absolute atomic E-state index is 0.132. The van der Waals surface area contributed by atoms with Crippen molar-refractivity contribution in [3.05, 3.63) is 35.9 Å². The highest BCUT2D eigenvalue weighted by Gasteiger charge is 2.54. The Morgan fingerprint density at radius 2 is 1.50 bits per heavy atom. The molecule has 0 spiro atoms. The van der Waals surface area contributed by atoms with Gasteiger partial charge in [0, 0.05) is 0 Å². The van der Waals surface area contributed by atoms with Crippen molar-refractivity contribution in [1.82, 2.24) is 0 Å². The topological polar surface area (TPSA) is 105 Å². The first-order valence-corrected chi connectivity index (χ1v) is 5.63. The summed E-state index contributed by atoms with van der Waals surface area (Å²) in [6, 6.07) is 8.71. The van der Waals surface area contributed by atoms with Crippen LogP contribution in [0.25, 0.3) is 0 Å². The van der Waals surface area contributed by atoms with Gasteiger partial charge in [-0.3, -0.25) is 5.73 Å². The van der Waals surface area contributed by atoms with Crippen LogP contribution in [0, 0.1) is 0 Å². The first-order chi connectivity index (χ1) is 9.46. The van der Waals surface area contributed by atoms with Gasteiger partial charge in [0.1, 0.15) is 6.61 Å². The molecule has 7 heteroatoms. The summed E-state index contributed by atoms with van der Waals surface area (Å²) in [7, 11) is 1.99. The molecule has 0 radical (unpaired) electrons. The third-order valence-corrected chi connectivity index (χ3v) is 2.55. The van der Waals surface area contributed by atoms with Crippen molar-refractivity contribution in [2.45, 2.75) is 12.1 Å². The molecule has 108 valence electrons. The highest BCUT2D eigenvalue weighted by atomic mass is 16.6. The molecule has 7 nitrogen and oxygen atoms in total. The van der Waals surface area contributed by atoms with E-state index in [-0.39, 0.29) is 6.61 Å². The van der Waals surface area contributed by atoms with Crippen LogP contribution in [-0.4, -0.2) is 37.7 Å². The van der Waals surface area contributed by atoms with E-state index in [9.17, 15) is 14.4 Å². The maximum Gasteiger partial charge on any atom is 0.350 e. The molecule has 1 rings (SSSR count). The summed E-state index contributed by atoms with van der Waals surface area (Å²) in [4.78, 5) is 35.0. The molecular weight excluding hydrogens is 266 g/mol. The number of ether oxygens (including phenoxy) is 3. The van der Waals surface area contributed by atoms with Crippen molar-refractivity contribution in [2.24, 2.45) is 5.73 Å². The van der Waals surface area contributed by atoms with Gasteiger partial charge in [-0.05, 0) is 5.56 Å². The minimum Gasteiger partial charge on any atom is -0.467 e. The maximum atomic E-state index is 11.9. The molecule has 1 aromatic rings. The molecule has 0 amide bonds. The average Bonchev–Trinajstić information content (AvgIpc) is 2.50. The van der Waals surface area contributed by atoms with Crippen LogP contribution in [-0.2, 0) is 35.2 Å². The number of carbonyl (C=O) groups is 3. The summed E-state index contributed by atoms with van der Waals surface area (Å²) < 4.78 is 13.6. The highest BCUT2D eigenvalue weighted by molar-refractivity contribution is 6.22. The molecule has 0 aliphatic carbocycles. The van der Waals surface area contributed by atoms with Crippen LogP contribution in [0.3, 0.4) is 0 Å². The van der Waals surface area contributed by atoms with Crippen LogP contribution in [0.5, 0.6) is 0 Å². The lowest BCUT2D eigenvalue weighted by Gasteiger charge is -2.21. The second kappa shape index (κ2) is 6.67. The van der Waals surface area contributed by atoms with E-state index >= 15 is 0 Å². The molecule has 0 unspecified atom stereocenters. The van der Waals surface area contributed by atoms with Crippen molar-refractivity contribution >= 4 is 17.9 Å². The van der Waals surface area contributed by atoms with Gasteiger partial charge in [0.25, 0.3) is 0 Å². The van der Waals surface area contributed by atoms with E-state index in [2.05, 4.69) is 9.47 Å². The van der Waals surface area contributed by atoms with Crippen molar-refractivity contribution in [2.75, 3.05) is 14.2 Å². The van der Waals surface area contributed by atoms with Crippen LogP contribution in [0.4, 0.5) is 0 Å². The number of nitrogens with two attached hydrogens (primary N) is 1. The van der Waals surface area contributed by atoms with E-state index in [0.29, 0.717) is 5.56 Å². The van der Waals surface area contributed by atoms with Gasteiger partial charge in [-0.2, -0.15) is 0 Å². The fourth-order valence-corrected chi connectivity index (χ4v) is 1.41. The van der Waals surface area contributed by atoms with E-state index in [4.69, 9.17) is 10.5 Å². The number of hydrogen-bond acceptors (Lipinski definition) is 7. The molecule has 0 aliphatic rings. The Hall–Kier alpha value is -2.41. The molecule has 0 aromatic heterocycles. The third kappa shape index (κ3) is 3.12. The smallest absolute Gasteiger partial charge is 0.350 e. The van der Waals surface area contributed by atoms with Crippen LogP contribution >= 0.6 is 0 Å². The van der Waals surface area contributed by atoms with E-state index < -0.39 is 23.4 Å². The first-order valence-electron chi connectivity index (χ1n) is 5.63. The van der Waals surface area contributed by atoms with Crippen LogP contribution in [0.15, 0.2) is 30.3 Å². The van der Waals surface area contributed by atoms with Gasteiger partial charge in [0.05, 0.1) is 14.2 Å². The van der Waals surface area contributed by atoms with Gasteiger partial charge in [0.2, 0.25) is 0 Å². The predicted octanol–water partition coefficient (Wildman–Crippen LogP) is -0.227. The molecule has 0 bridgehead atoms. The Morgan fingerprint density at radius 1 is 1.00 bits per heavy atom. The molecule has 0 atom stereocenters. The summed E-state index contributed by atoms with van der Waals surface area (Å²) in [5, 5.41) is 0. The summed E-state index contributed by atoms with van der Waals surface area (Å²) in [5.74, 6) is -3.73. The maximum absolute atomic E-state index is 11.9. The Morgan fingerprint density at radius 3 is 1.95 bits per heavy atom. The Balaban J connectivity index is 2.84. The SMILES string of the molecule is COC(=O)C(N)(C(=O)OC)C(=O)OCc1ccccc1. The summed E-state index contributed by atoms with van der Waals surface area (Å²) in [6.07, 6.45) is 0. The fourth-order valence-electron chi connectivity index (χ4n) is 1.41. The molecule has 0 saturated carbocycles. The second-order valence-electron chi connectivity index (χ2n) is 3.85. The normalized spacial score (nSPS) is 10.6. The van der Waals surface area contributed by atoms with E-state index in [1.165, 1.54) is 0 Å². The molecular formula is C13H15NO6. The van der Waals surface area contributed by atoms with Gasteiger partial charge in [0.15, 0.2) is 0 Å². The molecule has 0 heterocycles. The summed E-state index contributed by atoms with van der Waals surface area (Å²) in [5.41, 5.74) is 3.54. The van der Waals surface area contributed by atoms with E-state index in [0.717, 1.165) is 14.2 Å². The van der Waals surface area contributed by atoms with Crippen LogP contribution < -0.4 is 5.73 Å². The molecule has 0 aliphatic heterocycles. The summed E-state index contributed by atoms with van der Waals surface area (Å²) >= 11 is 0. The van der Waals surface area contributed by atoms with Gasteiger partial charge < -0.3 is 14.2 Å². The monoisotopic (exact) mass is 281 g/mol. The van der Waals surface area contributed by atoms with Crippen molar-refractivity contribution in [3.63, 3.8) is 0 Å². The largest absolute Gasteiger partial charge is 0.467 e. The van der Waals surface area contributed by atoms with Gasteiger partial charge >= 0.3 is 23.4 Å². The lowest BCUT2D eigenvalue weighted by Crippen LogP contribution is -2.62. The molecule has 2 N–H and O–H groups in total. The van der Waals surface area contributed by atoms with Gasteiger partial charge in [-0.15, -0.1) is 0 Å². The number of methoxy groups -OCH3 is 2. The average molecular weight is 281 g/mol. The molecule has 20 heavy (non-hydrogen) atoms. The van der Waals surface area contributed by atoms with Crippen LogP contribution in [0.2, 0.25) is 0 Å². The molecule has 0 fully saturated rings. The van der Waals surface area contributed by atoms with Gasteiger partial charge in [-0.25, -0.2) is 14.4 Å². The van der Waals surface area contributed by atoms with Crippen molar-refractivity contribution in [3.8, 4) is 0 Å². The molecule has 0 saturated heterocycles. The number of esters is 3. The predicted molar refractivity (Wildman–Crippen MR) is 67.2 cm³/mol. The van der Waals surface area contributed by atoms with E-state index in [1.54, 1.807) is 30.3 Å². The Bertz CT molecular complexity index is 483. The summed E-state index contributed by atoms with van der Waals surface area (Å²) in [6.45, 7) is -0.132. The number of hydrogen-bond donors (Lipinski definition) is 1. The molecule has 1 aromatic carbocycles. The highest BCUT2D eigenvalue weighted by Crippen LogP contribution is 2.11. The van der Waals surface area contributed by atoms with Crippen molar-refractivity contribution in [1.29, 1.82) is 0 Å². The van der Waals surface area contributed by atoms with Crippen molar-refractivity contribution < 1.29 is 28.6 Å².